The summed E-state index contributed by atoms with van der Waals surface area (Å²) < 4.78 is 0. The maximum absolute atomic E-state index is 5.70. The van der Waals surface area contributed by atoms with E-state index in [1.54, 1.807) is 0 Å². The Labute approximate surface area is 111 Å². The standard InChI is InChI=1S/C16H26N2/c1-14-8-3-4-9-15(14)16(10-7-11-17)18-12-5-2-6-13-18/h3-4,8-9,16H,2,5-7,10-13,17H2,1H3. The molecule has 0 spiro atoms. The monoisotopic (exact) mass is 246 g/mol. The van der Waals surface area contributed by atoms with Gasteiger partial charge in [0.15, 0.2) is 0 Å². The smallest absolute Gasteiger partial charge is 0.0351 e. The Morgan fingerprint density at radius 3 is 2.56 bits per heavy atom. The quantitative estimate of drug-likeness (QED) is 0.864. The minimum absolute atomic E-state index is 0.579. The average Bonchev–Trinajstić information content (AvgIpc) is 2.42. The van der Waals surface area contributed by atoms with Gasteiger partial charge in [-0.1, -0.05) is 30.7 Å². The molecule has 0 bridgehead atoms. The molecule has 1 unspecified atom stereocenters. The summed E-state index contributed by atoms with van der Waals surface area (Å²) in [6.45, 7) is 5.54. The molecule has 1 heterocycles. The number of rotatable bonds is 5. The van der Waals surface area contributed by atoms with Crippen LogP contribution in [0.1, 0.15) is 49.3 Å². The van der Waals surface area contributed by atoms with E-state index in [-0.39, 0.29) is 0 Å². The molecule has 0 radical (unpaired) electrons. The van der Waals surface area contributed by atoms with Crippen molar-refractivity contribution in [1.29, 1.82) is 0 Å². The molecule has 1 aliphatic heterocycles. The van der Waals surface area contributed by atoms with Crippen LogP contribution in [-0.4, -0.2) is 24.5 Å². The lowest BCUT2D eigenvalue weighted by Crippen LogP contribution is -2.34. The zero-order valence-corrected chi connectivity index (χ0v) is 11.6. The lowest BCUT2D eigenvalue weighted by Gasteiger charge is -2.35. The molecule has 1 aliphatic rings. The maximum atomic E-state index is 5.70. The molecule has 2 rings (SSSR count). The molecular weight excluding hydrogens is 220 g/mol. The highest BCUT2D eigenvalue weighted by molar-refractivity contribution is 5.28. The van der Waals surface area contributed by atoms with E-state index >= 15 is 0 Å². The summed E-state index contributed by atoms with van der Waals surface area (Å²) in [6, 6.07) is 9.41. The van der Waals surface area contributed by atoms with Gasteiger partial charge in [0.05, 0.1) is 0 Å². The number of hydrogen-bond donors (Lipinski definition) is 1. The molecule has 1 aromatic carbocycles. The molecular formula is C16H26N2. The summed E-state index contributed by atoms with van der Waals surface area (Å²) >= 11 is 0. The molecule has 1 atom stereocenters. The van der Waals surface area contributed by atoms with Crippen molar-refractivity contribution in [2.45, 2.75) is 45.1 Å². The Bertz CT molecular complexity index is 356. The van der Waals surface area contributed by atoms with Crippen molar-refractivity contribution in [2.24, 2.45) is 5.73 Å². The van der Waals surface area contributed by atoms with Crippen LogP contribution < -0.4 is 5.73 Å². The van der Waals surface area contributed by atoms with E-state index in [2.05, 4.69) is 36.1 Å². The van der Waals surface area contributed by atoms with E-state index in [4.69, 9.17) is 5.73 Å². The maximum Gasteiger partial charge on any atom is 0.0351 e. The van der Waals surface area contributed by atoms with Crippen LogP contribution in [0.5, 0.6) is 0 Å². The highest BCUT2D eigenvalue weighted by Crippen LogP contribution is 2.30. The molecule has 0 aromatic heterocycles. The third-order valence-electron chi connectivity index (χ3n) is 4.06. The van der Waals surface area contributed by atoms with Crippen LogP contribution in [0.4, 0.5) is 0 Å². The molecule has 1 aromatic rings. The third-order valence-corrected chi connectivity index (χ3v) is 4.06. The summed E-state index contributed by atoms with van der Waals surface area (Å²) in [7, 11) is 0. The van der Waals surface area contributed by atoms with Gasteiger partial charge in [-0.3, -0.25) is 4.90 Å². The number of likely N-dealkylation sites (tertiary alicyclic amines) is 1. The minimum Gasteiger partial charge on any atom is -0.330 e. The first kappa shape index (κ1) is 13.6. The van der Waals surface area contributed by atoms with Gasteiger partial charge in [0, 0.05) is 6.04 Å². The van der Waals surface area contributed by atoms with E-state index in [1.807, 2.05) is 0 Å². The van der Waals surface area contributed by atoms with Gasteiger partial charge < -0.3 is 5.73 Å². The van der Waals surface area contributed by atoms with Crippen LogP contribution in [0, 0.1) is 6.92 Å². The van der Waals surface area contributed by atoms with E-state index in [1.165, 1.54) is 49.9 Å². The minimum atomic E-state index is 0.579. The van der Waals surface area contributed by atoms with Gasteiger partial charge >= 0.3 is 0 Å². The number of nitrogens with two attached hydrogens (primary N) is 1. The zero-order valence-electron chi connectivity index (χ0n) is 11.6. The van der Waals surface area contributed by atoms with Crippen LogP contribution in [-0.2, 0) is 0 Å². The summed E-state index contributed by atoms with van der Waals surface area (Å²) in [5.41, 5.74) is 8.63. The van der Waals surface area contributed by atoms with E-state index in [9.17, 15) is 0 Å². The van der Waals surface area contributed by atoms with Crippen LogP contribution in [0.3, 0.4) is 0 Å². The van der Waals surface area contributed by atoms with E-state index < -0.39 is 0 Å². The zero-order chi connectivity index (χ0) is 12.8. The second-order valence-electron chi connectivity index (χ2n) is 5.40. The summed E-state index contributed by atoms with van der Waals surface area (Å²) in [5.74, 6) is 0. The second-order valence-corrected chi connectivity index (χ2v) is 5.40. The van der Waals surface area contributed by atoms with Gasteiger partial charge in [-0.2, -0.15) is 0 Å². The molecule has 18 heavy (non-hydrogen) atoms. The topological polar surface area (TPSA) is 29.3 Å². The van der Waals surface area contributed by atoms with Crippen molar-refractivity contribution in [3.63, 3.8) is 0 Å². The first-order valence-corrected chi connectivity index (χ1v) is 7.32. The Hall–Kier alpha value is -0.860. The molecule has 2 N–H and O–H groups in total. The molecule has 1 saturated heterocycles. The van der Waals surface area contributed by atoms with Gasteiger partial charge in [-0.05, 0) is 63.4 Å². The van der Waals surface area contributed by atoms with Gasteiger partial charge in [-0.15, -0.1) is 0 Å². The van der Waals surface area contributed by atoms with Gasteiger partial charge in [0.1, 0.15) is 0 Å². The molecule has 0 amide bonds. The van der Waals surface area contributed by atoms with Crippen LogP contribution in [0.25, 0.3) is 0 Å². The van der Waals surface area contributed by atoms with E-state index in [0.29, 0.717) is 6.04 Å². The van der Waals surface area contributed by atoms with Gasteiger partial charge in [-0.25, -0.2) is 0 Å². The van der Waals surface area contributed by atoms with Crippen molar-refractivity contribution >= 4 is 0 Å². The fourth-order valence-corrected chi connectivity index (χ4v) is 3.04. The van der Waals surface area contributed by atoms with Crippen LogP contribution >= 0.6 is 0 Å². The normalized spacial score (nSPS) is 18.8. The fraction of sp³-hybridized carbons (Fsp3) is 0.625. The Morgan fingerprint density at radius 2 is 1.89 bits per heavy atom. The molecule has 100 valence electrons. The number of hydrogen-bond acceptors (Lipinski definition) is 2. The predicted molar refractivity (Wildman–Crippen MR) is 77.6 cm³/mol. The molecule has 2 heteroatoms. The fourth-order valence-electron chi connectivity index (χ4n) is 3.04. The van der Waals surface area contributed by atoms with Crippen LogP contribution in [0.15, 0.2) is 24.3 Å². The van der Waals surface area contributed by atoms with Crippen molar-refractivity contribution in [2.75, 3.05) is 19.6 Å². The number of aryl methyl sites for hydroxylation is 1. The highest BCUT2D eigenvalue weighted by Gasteiger charge is 2.22. The van der Waals surface area contributed by atoms with Gasteiger partial charge in [0.25, 0.3) is 0 Å². The van der Waals surface area contributed by atoms with Gasteiger partial charge in [0.2, 0.25) is 0 Å². The van der Waals surface area contributed by atoms with Crippen molar-refractivity contribution in [3.05, 3.63) is 35.4 Å². The molecule has 2 nitrogen and oxygen atoms in total. The predicted octanol–water partition coefficient (Wildman–Crippen LogP) is 3.26. The first-order chi connectivity index (χ1) is 8.83. The summed E-state index contributed by atoms with van der Waals surface area (Å²) in [5, 5.41) is 0. The average molecular weight is 246 g/mol. The number of piperidine rings is 1. The number of nitrogens with zero attached hydrogens (tertiary/aromatic N) is 1. The Kier molecular flexibility index (Phi) is 5.21. The molecule has 0 aliphatic carbocycles. The number of benzene rings is 1. The summed E-state index contributed by atoms with van der Waals surface area (Å²) in [4.78, 5) is 2.67. The first-order valence-electron chi connectivity index (χ1n) is 7.32. The third kappa shape index (κ3) is 3.33. The SMILES string of the molecule is Cc1ccccc1C(CCCN)N1CCCCC1. The van der Waals surface area contributed by atoms with E-state index in [0.717, 1.165) is 13.0 Å². The Balaban J connectivity index is 2.15. The van der Waals surface area contributed by atoms with Crippen molar-refractivity contribution in [3.8, 4) is 0 Å². The largest absolute Gasteiger partial charge is 0.330 e. The molecule has 0 saturated carbocycles. The highest BCUT2D eigenvalue weighted by atomic mass is 15.2. The molecule has 1 fully saturated rings. The lowest BCUT2D eigenvalue weighted by atomic mass is 9.94. The Morgan fingerprint density at radius 1 is 1.17 bits per heavy atom. The summed E-state index contributed by atoms with van der Waals surface area (Å²) in [6.07, 6.45) is 6.42. The van der Waals surface area contributed by atoms with Crippen molar-refractivity contribution < 1.29 is 0 Å². The van der Waals surface area contributed by atoms with Crippen LogP contribution in [0.2, 0.25) is 0 Å². The lowest BCUT2D eigenvalue weighted by molar-refractivity contribution is 0.154. The van der Waals surface area contributed by atoms with Crippen molar-refractivity contribution in [1.82, 2.24) is 4.90 Å². The second kappa shape index (κ2) is 6.91.